The molecule has 0 spiro atoms. The topological polar surface area (TPSA) is 25.4 Å². The zero-order valence-electron chi connectivity index (χ0n) is 9.49. The van der Waals surface area contributed by atoms with E-state index < -0.39 is 6.36 Å². The van der Waals surface area contributed by atoms with Crippen molar-refractivity contribution in [2.45, 2.75) is 6.36 Å². The number of alkyl halides is 3. The smallest absolute Gasteiger partial charge is 0.404 e. The van der Waals surface area contributed by atoms with Gasteiger partial charge < -0.3 is 9.64 Å². The van der Waals surface area contributed by atoms with Crippen LogP contribution in [0.1, 0.15) is 0 Å². The molecule has 17 heavy (non-hydrogen) atoms. The van der Waals surface area contributed by atoms with Crippen molar-refractivity contribution < 1.29 is 17.9 Å². The molecule has 0 aliphatic rings. The molecule has 0 saturated carbocycles. The molecule has 0 radical (unpaired) electrons. The van der Waals surface area contributed by atoms with Crippen LogP contribution in [0.15, 0.2) is 18.3 Å². The average molecular weight is 266 g/mol. The Kier molecular flexibility index (Phi) is 4.92. The zero-order chi connectivity index (χ0) is 12.9. The molecular formula is C10H13F3N2OS. The predicted molar refractivity (Wildman–Crippen MR) is 62.6 cm³/mol. The summed E-state index contributed by atoms with van der Waals surface area (Å²) in [6.07, 6.45) is -1.62. The SMILES string of the molecule is CSCCN(C)c1ccc(OC(F)(F)F)cn1. The lowest BCUT2D eigenvalue weighted by atomic mass is 10.4. The highest BCUT2D eigenvalue weighted by Gasteiger charge is 2.31. The standard InChI is InChI=1S/C10H13F3N2OS/c1-15(5-6-17-2)9-4-3-8(7-14-9)16-10(11,12)13/h3-4,7H,5-6H2,1-2H3. The van der Waals surface area contributed by atoms with Crippen molar-refractivity contribution in [2.75, 3.05) is 30.5 Å². The van der Waals surface area contributed by atoms with Crippen molar-refractivity contribution in [2.24, 2.45) is 0 Å². The lowest BCUT2D eigenvalue weighted by Crippen LogP contribution is -2.21. The third-order valence-electron chi connectivity index (χ3n) is 1.98. The minimum Gasteiger partial charge on any atom is -0.404 e. The number of anilines is 1. The maximum Gasteiger partial charge on any atom is 0.573 e. The summed E-state index contributed by atoms with van der Waals surface area (Å²) < 4.78 is 39.4. The quantitative estimate of drug-likeness (QED) is 0.818. The second-order valence-corrected chi connectivity index (χ2v) is 4.30. The van der Waals surface area contributed by atoms with E-state index in [1.54, 1.807) is 11.8 Å². The zero-order valence-corrected chi connectivity index (χ0v) is 10.3. The van der Waals surface area contributed by atoms with Gasteiger partial charge in [0.15, 0.2) is 0 Å². The van der Waals surface area contributed by atoms with Gasteiger partial charge in [-0.25, -0.2) is 4.98 Å². The fourth-order valence-corrected chi connectivity index (χ4v) is 1.59. The molecule has 0 fully saturated rings. The summed E-state index contributed by atoms with van der Waals surface area (Å²) in [7, 11) is 1.84. The largest absolute Gasteiger partial charge is 0.573 e. The van der Waals surface area contributed by atoms with E-state index in [1.807, 2.05) is 18.2 Å². The van der Waals surface area contributed by atoms with Crippen molar-refractivity contribution >= 4 is 17.6 Å². The maximum atomic E-state index is 11.9. The van der Waals surface area contributed by atoms with E-state index in [0.717, 1.165) is 18.5 Å². The predicted octanol–water partition coefficient (Wildman–Crippen LogP) is 2.78. The fraction of sp³-hybridized carbons (Fsp3) is 0.500. The van der Waals surface area contributed by atoms with E-state index in [0.29, 0.717) is 5.82 Å². The first-order valence-corrected chi connectivity index (χ1v) is 6.23. The Hall–Kier alpha value is -1.11. The summed E-state index contributed by atoms with van der Waals surface area (Å²) in [5, 5.41) is 0. The van der Waals surface area contributed by atoms with Crippen molar-refractivity contribution in [3.8, 4) is 5.75 Å². The van der Waals surface area contributed by atoms with Crippen LogP contribution in [-0.2, 0) is 0 Å². The molecule has 1 heterocycles. The lowest BCUT2D eigenvalue weighted by molar-refractivity contribution is -0.274. The van der Waals surface area contributed by atoms with Crippen molar-refractivity contribution in [1.29, 1.82) is 0 Å². The monoisotopic (exact) mass is 266 g/mol. The van der Waals surface area contributed by atoms with Crippen LogP contribution in [0.2, 0.25) is 0 Å². The number of ether oxygens (including phenoxy) is 1. The van der Waals surface area contributed by atoms with E-state index in [9.17, 15) is 13.2 Å². The first-order valence-electron chi connectivity index (χ1n) is 4.84. The minimum absolute atomic E-state index is 0.306. The molecule has 0 aliphatic carbocycles. The van der Waals surface area contributed by atoms with Crippen LogP contribution in [0, 0.1) is 0 Å². The van der Waals surface area contributed by atoms with Crippen LogP contribution in [0.3, 0.4) is 0 Å². The molecule has 96 valence electrons. The van der Waals surface area contributed by atoms with Gasteiger partial charge in [0.05, 0.1) is 6.20 Å². The Bertz CT molecular complexity index is 342. The Morgan fingerprint density at radius 2 is 2.12 bits per heavy atom. The molecule has 0 bridgehead atoms. The number of pyridine rings is 1. The Balaban J connectivity index is 2.61. The van der Waals surface area contributed by atoms with Crippen LogP contribution in [-0.4, -0.2) is 36.9 Å². The van der Waals surface area contributed by atoms with Gasteiger partial charge in [0.2, 0.25) is 0 Å². The Morgan fingerprint density at radius 3 is 2.59 bits per heavy atom. The highest BCUT2D eigenvalue weighted by molar-refractivity contribution is 7.98. The van der Waals surface area contributed by atoms with Crippen LogP contribution >= 0.6 is 11.8 Å². The van der Waals surface area contributed by atoms with Gasteiger partial charge in [-0.15, -0.1) is 13.2 Å². The summed E-state index contributed by atoms with van der Waals surface area (Å²) in [6.45, 7) is 0.785. The van der Waals surface area contributed by atoms with Gasteiger partial charge in [-0.1, -0.05) is 0 Å². The number of hydrogen-bond acceptors (Lipinski definition) is 4. The summed E-state index contributed by atoms with van der Waals surface area (Å²) in [6, 6.07) is 2.76. The van der Waals surface area contributed by atoms with Crippen LogP contribution in [0.4, 0.5) is 19.0 Å². The second kappa shape index (κ2) is 6.00. The molecule has 3 nitrogen and oxygen atoms in total. The van der Waals surface area contributed by atoms with E-state index in [-0.39, 0.29) is 5.75 Å². The number of halogens is 3. The molecule has 7 heteroatoms. The molecule has 1 aromatic rings. The normalized spacial score (nSPS) is 11.4. The highest BCUT2D eigenvalue weighted by Crippen LogP contribution is 2.23. The molecule has 0 aromatic carbocycles. The Labute approximate surface area is 102 Å². The molecule has 0 amide bonds. The molecular weight excluding hydrogens is 253 g/mol. The van der Waals surface area contributed by atoms with Gasteiger partial charge >= 0.3 is 6.36 Å². The van der Waals surface area contributed by atoms with Gasteiger partial charge in [-0.3, -0.25) is 0 Å². The van der Waals surface area contributed by atoms with Crippen LogP contribution in [0.25, 0.3) is 0 Å². The van der Waals surface area contributed by atoms with Crippen LogP contribution < -0.4 is 9.64 Å². The summed E-state index contributed by atoms with van der Waals surface area (Å²) in [5.41, 5.74) is 0. The third-order valence-corrected chi connectivity index (χ3v) is 2.57. The maximum absolute atomic E-state index is 11.9. The van der Waals surface area contributed by atoms with E-state index in [1.165, 1.54) is 12.1 Å². The molecule has 0 N–H and O–H groups in total. The summed E-state index contributed by atoms with van der Waals surface area (Å²) >= 11 is 1.69. The number of rotatable bonds is 5. The summed E-state index contributed by atoms with van der Waals surface area (Å²) in [4.78, 5) is 5.78. The van der Waals surface area contributed by atoms with Crippen molar-refractivity contribution in [3.05, 3.63) is 18.3 Å². The van der Waals surface area contributed by atoms with E-state index in [4.69, 9.17) is 0 Å². The number of hydrogen-bond donors (Lipinski definition) is 0. The first kappa shape index (κ1) is 14.0. The van der Waals surface area contributed by atoms with Gasteiger partial charge in [0, 0.05) is 19.3 Å². The second-order valence-electron chi connectivity index (χ2n) is 3.31. The molecule has 0 aliphatic heterocycles. The number of nitrogens with zero attached hydrogens (tertiary/aromatic N) is 2. The Morgan fingerprint density at radius 1 is 1.41 bits per heavy atom. The first-order chi connectivity index (χ1) is 7.92. The molecule has 1 aromatic heterocycles. The van der Waals surface area contributed by atoms with Gasteiger partial charge in [-0.05, 0) is 18.4 Å². The third kappa shape index (κ3) is 5.16. The lowest BCUT2D eigenvalue weighted by Gasteiger charge is -2.17. The number of thioether (sulfide) groups is 1. The van der Waals surface area contributed by atoms with Crippen LogP contribution in [0.5, 0.6) is 5.75 Å². The molecule has 1 rings (SSSR count). The highest BCUT2D eigenvalue weighted by atomic mass is 32.2. The van der Waals surface area contributed by atoms with Gasteiger partial charge in [0.25, 0.3) is 0 Å². The van der Waals surface area contributed by atoms with Crippen molar-refractivity contribution in [1.82, 2.24) is 4.98 Å². The minimum atomic E-state index is -4.67. The number of aromatic nitrogens is 1. The van der Waals surface area contributed by atoms with Gasteiger partial charge in [0.1, 0.15) is 11.6 Å². The molecule has 0 saturated heterocycles. The molecule has 0 atom stereocenters. The van der Waals surface area contributed by atoms with E-state index >= 15 is 0 Å². The fourth-order valence-electron chi connectivity index (χ4n) is 1.14. The van der Waals surface area contributed by atoms with Gasteiger partial charge in [-0.2, -0.15) is 11.8 Å². The summed E-state index contributed by atoms with van der Waals surface area (Å²) in [5.74, 6) is 1.24. The molecule has 0 unspecified atom stereocenters. The average Bonchev–Trinajstić information content (AvgIpc) is 2.24. The van der Waals surface area contributed by atoms with E-state index in [2.05, 4.69) is 9.72 Å². The van der Waals surface area contributed by atoms with Crippen molar-refractivity contribution in [3.63, 3.8) is 0 Å².